The predicted octanol–water partition coefficient (Wildman–Crippen LogP) is 17.2. The number of rotatable bonds is 51. The van der Waals surface area contributed by atoms with Crippen LogP contribution in [0.4, 0.5) is 0 Å². The molecule has 0 bridgehead atoms. The summed E-state index contributed by atoms with van der Waals surface area (Å²) < 4.78 is 5.94. The monoisotopic (exact) mass is 900 g/mol. The number of carbonyl (C=O) groups is 2. The minimum atomic E-state index is -0.794. The Morgan fingerprint density at radius 1 is 0.453 bits per heavy atom. The molecule has 0 aromatic heterocycles. The molecule has 376 valence electrons. The van der Waals surface area contributed by atoms with Gasteiger partial charge in [-0.15, -0.1) is 0 Å². The number of hydrogen-bond acceptors (Lipinski definition) is 5. The third-order valence-electron chi connectivity index (χ3n) is 13.0. The first kappa shape index (κ1) is 62.1. The summed E-state index contributed by atoms with van der Waals surface area (Å²) in [6.07, 6.45) is 62.1. The number of hydrogen-bond donors (Lipinski definition) is 3. The molecule has 3 atom stereocenters. The molecular formula is C58H109NO5. The number of nitrogens with one attached hydrogen (secondary N) is 1. The van der Waals surface area contributed by atoms with Crippen molar-refractivity contribution < 1.29 is 24.5 Å². The molecule has 6 nitrogen and oxygen atoms in total. The maximum atomic E-state index is 13.2. The van der Waals surface area contributed by atoms with Gasteiger partial charge in [-0.25, -0.2) is 0 Å². The van der Waals surface area contributed by atoms with Crippen LogP contribution in [0.2, 0.25) is 0 Å². The zero-order chi connectivity index (χ0) is 46.7. The number of aliphatic hydroxyl groups excluding tert-OH is 2. The van der Waals surface area contributed by atoms with Crippen molar-refractivity contribution in [3.8, 4) is 0 Å². The van der Waals surface area contributed by atoms with E-state index in [0.717, 1.165) is 70.6 Å². The van der Waals surface area contributed by atoms with Crippen LogP contribution in [0.15, 0.2) is 36.5 Å². The summed E-state index contributed by atoms with van der Waals surface area (Å²) in [6, 6.07) is -0.710. The van der Waals surface area contributed by atoms with Crippen LogP contribution >= 0.6 is 0 Å². The van der Waals surface area contributed by atoms with Gasteiger partial charge in [-0.05, 0) is 51.4 Å². The topological polar surface area (TPSA) is 95.9 Å². The SMILES string of the molecule is CCCCCCC/C=C/C=C/C=C/CCCCCC(CC(=O)NC(CO)C(O)CCCCCCCCCCCCCC)OC(=O)CCCCCCCCCCCCCCCCCCC. The molecule has 6 heteroatoms. The smallest absolute Gasteiger partial charge is 0.306 e. The third-order valence-corrected chi connectivity index (χ3v) is 13.0. The average molecular weight is 901 g/mol. The van der Waals surface area contributed by atoms with Gasteiger partial charge in [-0.1, -0.05) is 269 Å². The van der Waals surface area contributed by atoms with Crippen molar-refractivity contribution >= 4 is 11.9 Å². The highest BCUT2D eigenvalue weighted by Crippen LogP contribution is 2.18. The number of esters is 1. The summed E-state index contributed by atoms with van der Waals surface area (Å²) in [5, 5.41) is 23.8. The van der Waals surface area contributed by atoms with Gasteiger partial charge in [0.25, 0.3) is 0 Å². The molecule has 1 amide bonds. The van der Waals surface area contributed by atoms with Gasteiger partial charge in [0.1, 0.15) is 6.10 Å². The van der Waals surface area contributed by atoms with Crippen molar-refractivity contribution in [1.82, 2.24) is 5.32 Å². The largest absolute Gasteiger partial charge is 0.462 e. The van der Waals surface area contributed by atoms with Gasteiger partial charge < -0.3 is 20.3 Å². The summed E-state index contributed by atoms with van der Waals surface area (Å²) in [7, 11) is 0. The van der Waals surface area contributed by atoms with E-state index in [1.54, 1.807) is 0 Å². The fraction of sp³-hybridized carbons (Fsp3) is 0.862. The Balaban J connectivity index is 4.60. The van der Waals surface area contributed by atoms with Crippen LogP contribution in [0.3, 0.4) is 0 Å². The minimum Gasteiger partial charge on any atom is -0.462 e. The summed E-state index contributed by atoms with van der Waals surface area (Å²) in [5.41, 5.74) is 0. The van der Waals surface area contributed by atoms with E-state index in [2.05, 4.69) is 62.5 Å². The third kappa shape index (κ3) is 46.6. The normalized spacial score (nSPS) is 13.4. The lowest BCUT2D eigenvalue weighted by molar-refractivity contribution is -0.151. The molecule has 0 aliphatic carbocycles. The highest BCUT2D eigenvalue weighted by molar-refractivity contribution is 5.77. The van der Waals surface area contributed by atoms with E-state index in [9.17, 15) is 19.8 Å². The van der Waals surface area contributed by atoms with E-state index in [0.29, 0.717) is 19.3 Å². The van der Waals surface area contributed by atoms with Crippen LogP contribution in [-0.2, 0) is 14.3 Å². The first-order valence-corrected chi connectivity index (χ1v) is 28.2. The first-order chi connectivity index (χ1) is 31.5. The Labute approximate surface area is 398 Å². The molecule has 0 aromatic carbocycles. The highest BCUT2D eigenvalue weighted by atomic mass is 16.5. The number of ether oxygens (including phenoxy) is 1. The van der Waals surface area contributed by atoms with Crippen LogP contribution < -0.4 is 5.32 Å². The Bertz CT molecular complexity index is 1060. The molecule has 3 N–H and O–H groups in total. The fourth-order valence-electron chi connectivity index (χ4n) is 8.73. The van der Waals surface area contributed by atoms with Crippen molar-refractivity contribution in [3.63, 3.8) is 0 Å². The van der Waals surface area contributed by atoms with Crippen molar-refractivity contribution in [1.29, 1.82) is 0 Å². The van der Waals surface area contributed by atoms with Gasteiger partial charge >= 0.3 is 5.97 Å². The van der Waals surface area contributed by atoms with E-state index in [4.69, 9.17) is 4.74 Å². The van der Waals surface area contributed by atoms with Crippen LogP contribution in [0, 0.1) is 0 Å². The Hall–Kier alpha value is -1.92. The standard InChI is InChI=1S/C58H109NO5/c1-4-7-10-13-16-19-22-25-27-29-31-33-36-39-42-45-48-51-58(63)64-54(49-46-43-40-37-34-32-30-28-26-23-20-17-14-11-8-5-2)52-57(62)59-55(53-60)56(61)50-47-44-41-38-35-24-21-18-15-12-9-6-3/h23,26,28,30,32,34,54-56,60-61H,4-22,24-25,27,29,31,33,35-53H2,1-3H3,(H,59,62)/b26-23+,30-28+,34-32+. The predicted molar refractivity (Wildman–Crippen MR) is 278 cm³/mol. The van der Waals surface area contributed by atoms with Crippen molar-refractivity contribution in [2.24, 2.45) is 0 Å². The first-order valence-electron chi connectivity index (χ1n) is 28.2. The molecule has 3 unspecified atom stereocenters. The van der Waals surface area contributed by atoms with Crippen molar-refractivity contribution in [3.05, 3.63) is 36.5 Å². The maximum absolute atomic E-state index is 13.2. The van der Waals surface area contributed by atoms with Crippen molar-refractivity contribution in [2.45, 2.75) is 315 Å². The molecule has 0 rings (SSSR count). The van der Waals surface area contributed by atoms with Crippen LogP contribution in [0.25, 0.3) is 0 Å². The summed E-state index contributed by atoms with van der Waals surface area (Å²) in [6.45, 7) is 6.48. The summed E-state index contributed by atoms with van der Waals surface area (Å²) in [4.78, 5) is 26.2. The number of unbranched alkanes of at least 4 members (excludes halogenated alkanes) is 35. The molecule has 64 heavy (non-hydrogen) atoms. The lowest BCUT2D eigenvalue weighted by atomic mass is 10.0. The summed E-state index contributed by atoms with van der Waals surface area (Å²) >= 11 is 0. The molecule has 0 aliphatic rings. The second-order valence-corrected chi connectivity index (χ2v) is 19.4. The molecule has 0 aliphatic heterocycles. The van der Waals surface area contributed by atoms with Gasteiger partial charge in [0.05, 0.1) is 25.2 Å². The maximum Gasteiger partial charge on any atom is 0.306 e. The molecule has 0 saturated carbocycles. The Morgan fingerprint density at radius 2 is 0.797 bits per heavy atom. The molecule has 0 saturated heterocycles. The number of carbonyl (C=O) groups excluding carboxylic acids is 2. The van der Waals surface area contributed by atoms with E-state index >= 15 is 0 Å². The molecule has 0 fully saturated rings. The quantitative estimate of drug-likeness (QED) is 0.0321. The number of aliphatic hydroxyl groups is 2. The zero-order valence-corrected chi connectivity index (χ0v) is 42.9. The van der Waals surface area contributed by atoms with Crippen LogP contribution in [-0.4, -0.2) is 46.9 Å². The highest BCUT2D eigenvalue weighted by Gasteiger charge is 2.24. The van der Waals surface area contributed by atoms with Gasteiger partial charge in [0.2, 0.25) is 5.91 Å². The van der Waals surface area contributed by atoms with E-state index in [-0.39, 0.29) is 24.9 Å². The molecule has 0 spiro atoms. The Kier molecular flexibility index (Phi) is 50.5. The average Bonchev–Trinajstić information content (AvgIpc) is 3.29. The van der Waals surface area contributed by atoms with E-state index < -0.39 is 18.2 Å². The second kappa shape index (κ2) is 52.1. The molecule has 0 radical (unpaired) electrons. The lowest BCUT2D eigenvalue weighted by Gasteiger charge is -2.24. The van der Waals surface area contributed by atoms with Crippen LogP contribution in [0.5, 0.6) is 0 Å². The fourth-order valence-corrected chi connectivity index (χ4v) is 8.73. The van der Waals surface area contributed by atoms with Crippen molar-refractivity contribution in [2.75, 3.05) is 6.61 Å². The zero-order valence-electron chi connectivity index (χ0n) is 42.9. The lowest BCUT2D eigenvalue weighted by Crippen LogP contribution is -2.46. The van der Waals surface area contributed by atoms with E-state index in [1.807, 2.05) is 0 Å². The number of allylic oxidation sites excluding steroid dienone is 6. The van der Waals surface area contributed by atoms with E-state index in [1.165, 1.54) is 180 Å². The van der Waals surface area contributed by atoms with Gasteiger partial charge in [-0.3, -0.25) is 9.59 Å². The van der Waals surface area contributed by atoms with Gasteiger partial charge in [0, 0.05) is 6.42 Å². The number of amides is 1. The second-order valence-electron chi connectivity index (χ2n) is 19.4. The van der Waals surface area contributed by atoms with Gasteiger partial charge in [0.15, 0.2) is 0 Å². The van der Waals surface area contributed by atoms with Gasteiger partial charge in [-0.2, -0.15) is 0 Å². The summed E-state index contributed by atoms with van der Waals surface area (Å²) in [5.74, 6) is -0.492. The minimum absolute atomic E-state index is 0.0591. The molecule has 0 heterocycles. The molecule has 0 aromatic rings. The Morgan fingerprint density at radius 3 is 1.20 bits per heavy atom. The van der Waals surface area contributed by atoms with Crippen LogP contribution in [0.1, 0.15) is 297 Å². The molecular weight excluding hydrogens is 791 g/mol.